The summed E-state index contributed by atoms with van der Waals surface area (Å²) >= 11 is 5.88. The van der Waals surface area contributed by atoms with E-state index in [1.807, 2.05) is 6.92 Å². The van der Waals surface area contributed by atoms with Gasteiger partial charge in [0.05, 0.1) is 5.56 Å². The normalized spacial score (nSPS) is 10.3. The van der Waals surface area contributed by atoms with Crippen molar-refractivity contribution in [3.8, 4) is 5.75 Å². The van der Waals surface area contributed by atoms with Gasteiger partial charge in [-0.25, -0.2) is 9.18 Å². The van der Waals surface area contributed by atoms with E-state index in [4.69, 9.17) is 21.4 Å². The van der Waals surface area contributed by atoms with Crippen LogP contribution in [0, 0.1) is 12.7 Å². The monoisotopic (exact) mass is 294 g/mol. The van der Waals surface area contributed by atoms with E-state index < -0.39 is 11.8 Å². The zero-order valence-corrected chi connectivity index (χ0v) is 11.4. The van der Waals surface area contributed by atoms with Gasteiger partial charge in [0.1, 0.15) is 18.2 Å². The second-order valence-corrected chi connectivity index (χ2v) is 4.74. The molecule has 0 aliphatic rings. The number of carboxylic acids is 1. The third-order valence-corrected chi connectivity index (χ3v) is 3.07. The average molecular weight is 295 g/mol. The number of hydrogen-bond acceptors (Lipinski definition) is 2. The molecule has 1 N–H and O–H groups in total. The number of aromatic carboxylic acids is 1. The molecule has 2 aromatic rings. The lowest BCUT2D eigenvalue weighted by Gasteiger charge is -2.11. The molecule has 0 heterocycles. The minimum atomic E-state index is -1.19. The largest absolute Gasteiger partial charge is 0.489 e. The van der Waals surface area contributed by atoms with Crippen LogP contribution >= 0.6 is 11.6 Å². The Morgan fingerprint density at radius 1 is 1.30 bits per heavy atom. The van der Waals surface area contributed by atoms with Crippen LogP contribution in [0.1, 0.15) is 21.5 Å². The molecule has 2 aromatic carbocycles. The quantitative estimate of drug-likeness (QED) is 0.925. The Bertz CT molecular complexity index is 656. The van der Waals surface area contributed by atoms with Crippen LogP contribution in [0.2, 0.25) is 5.02 Å². The predicted molar refractivity (Wildman–Crippen MR) is 73.9 cm³/mol. The maximum atomic E-state index is 13.1. The molecule has 0 radical (unpaired) electrons. The lowest BCUT2D eigenvalue weighted by atomic mass is 10.1. The first-order valence-electron chi connectivity index (χ1n) is 5.88. The number of rotatable bonds is 4. The molecule has 0 spiro atoms. The Hall–Kier alpha value is -2.07. The van der Waals surface area contributed by atoms with Crippen LogP contribution in [-0.4, -0.2) is 11.1 Å². The molecule has 0 aromatic heterocycles. The van der Waals surface area contributed by atoms with Gasteiger partial charge in [0, 0.05) is 10.6 Å². The van der Waals surface area contributed by atoms with E-state index in [-0.39, 0.29) is 12.2 Å². The highest BCUT2D eigenvalue weighted by Gasteiger charge is 2.12. The highest BCUT2D eigenvalue weighted by Crippen LogP contribution is 2.24. The first kappa shape index (κ1) is 14.3. The summed E-state index contributed by atoms with van der Waals surface area (Å²) in [6, 6.07) is 8.78. The van der Waals surface area contributed by atoms with Gasteiger partial charge in [0.2, 0.25) is 0 Å². The van der Waals surface area contributed by atoms with Gasteiger partial charge in [0.15, 0.2) is 0 Å². The molecule has 2 rings (SSSR count). The van der Waals surface area contributed by atoms with E-state index >= 15 is 0 Å². The summed E-state index contributed by atoms with van der Waals surface area (Å²) in [6.45, 7) is 1.89. The fourth-order valence-corrected chi connectivity index (χ4v) is 1.92. The van der Waals surface area contributed by atoms with Gasteiger partial charge < -0.3 is 9.84 Å². The maximum absolute atomic E-state index is 13.1. The van der Waals surface area contributed by atoms with Gasteiger partial charge in [-0.05, 0) is 36.8 Å². The molecule has 20 heavy (non-hydrogen) atoms. The van der Waals surface area contributed by atoms with Gasteiger partial charge in [-0.15, -0.1) is 0 Å². The summed E-state index contributed by atoms with van der Waals surface area (Å²) in [5.41, 5.74) is 1.18. The summed E-state index contributed by atoms with van der Waals surface area (Å²) in [5.74, 6) is -1.21. The molecule has 0 fully saturated rings. The summed E-state index contributed by atoms with van der Waals surface area (Å²) in [7, 11) is 0. The van der Waals surface area contributed by atoms with Crippen LogP contribution in [0.25, 0.3) is 0 Å². The SMILES string of the molecule is Cc1ccc(Cl)cc1OCc1ccc(F)cc1C(=O)O. The number of benzene rings is 2. The van der Waals surface area contributed by atoms with E-state index in [1.54, 1.807) is 18.2 Å². The minimum absolute atomic E-state index is 0.0308. The fraction of sp³-hybridized carbons (Fsp3) is 0.133. The summed E-state index contributed by atoms with van der Waals surface area (Å²) in [6.07, 6.45) is 0. The van der Waals surface area contributed by atoms with Crippen molar-refractivity contribution in [3.05, 3.63) is 63.9 Å². The predicted octanol–water partition coefficient (Wildman–Crippen LogP) is 4.06. The number of halogens is 2. The van der Waals surface area contributed by atoms with E-state index in [0.29, 0.717) is 16.3 Å². The van der Waals surface area contributed by atoms with Crippen molar-refractivity contribution in [2.45, 2.75) is 13.5 Å². The highest BCUT2D eigenvalue weighted by atomic mass is 35.5. The van der Waals surface area contributed by atoms with Gasteiger partial charge in [0.25, 0.3) is 0 Å². The fourth-order valence-electron chi connectivity index (χ4n) is 1.76. The molecule has 0 bridgehead atoms. The summed E-state index contributed by atoms with van der Waals surface area (Å²) in [5, 5.41) is 9.57. The van der Waals surface area contributed by atoms with Crippen LogP contribution in [0.15, 0.2) is 36.4 Å². The number of hydrogen-bond donors (Lipinski definition) is 1. The van der Waals surface area contributed by atoms with Crippen molar-refractivity contribution in [1.82, 2.24) is 0 Å². The van der Waals surface area contributed by atoms with Crippen LogP contribution in [0.3, 0.4) is 0 Å². The second kappa shape index (κ2) is 5.92. The Labute approximate surface area is 120 Å². The molecule has 0 aliphatic carbocycles. The Kier molecular flexibility index (Phi) is 4.25. The molecule has 0 unspecified atom stereocenters. The summed E-state index contributed by atoms with van der Waals surface area (Å²) < 4.78 is 18.6. The van der Waals surface area contributed by atoms with E-state index in [2.05, 4.69) is 0 Å². The zero-order chi connectivity index (χ0) is 14.7. The van der Waals surface area contributed by atoms with Gasteiger partial charge in [-0.1, -0.05) is 23.7 Å². The van der Waals surface area contributed by atoms with Crippen LogP contribution < -0.4 is 4.74 Å². The molecule has 5 heteroatoms. The summed E-state index contributed by atoms with van der Waals surface area (Å²) in [4.78, 5) is 11.1. The van der Waals surface area contributed by atoms with Crippen LogP contribution in [-0.2, 0) is 6.61 Å². The van der Waals surface area contributed by atoms with Gasteiger partial charge in [-0.3, -0.25) is 0 Å². The number of ether oxygens (including phenoxy) is 1. The smallest absolute Gasteiger partial charge is 0.336 e. The molecular formula is C15H12ClFO3. The van der Waals surface area contributed by atoms with Gasteiger partial charge >= 0.3 is 5.97 Å². The van der Waals surface area contributed by atoms with E-state index in [0.717, 1.165) is 11.6 Å². The Morgan fingerprint density at radius 3 is 2.75 bits per heavy atom. The third kappa shape index (κ3) is 3.27. The lowest BCUT2D eigenvalue weighted by molar-refractivity contribution is 0.0693. The van der Waals surface area contributed by atoms with Crippen molar-refractivity contribution < 1.29 is 19.0 Å². The Balaban J connectivity index is 2.23. The average Bonchev–Trinajstić information content (AvgIpc) is 2.40. The standard InChI is InChI=1S/C15H12ClFO3/c1-9-2-4-11(16)6-14(9)20-8-10-3-5-12(17)7-13(10)15(18)19/h2-7H,8H2,1H3,(H,18,19). The van der Waals surface area contributed by atoms with Crippen molar-refractivity contribution >= 4 is 17.6 Å². The number of carbonyl (C=O) groups is 1. The minimum Gasteiger partial charge on any atom is -0.489 e. The molecular weight excluding hydrogens is 283 g/mol. The van der Waals surface area contributed by atoms with Crippen LogP contribution in [0.5, 0.6) is 5.75 Å². The van der Waals surface area contributed by atoms with Crippen LogP contribution in [0.4, 0.5) is 4.39 Å². The molecule has 0 atom stereocenters. The molecule has 0 amide bonds. The molecule has 0 aliphatic heterocycles. The van der Waals surface area contributed by atoms with Crippen molar-refractivity contribution in [2.24, 2.45) is 0 Å². The first-order valence-corrected chi connectivity index (χ1v) is 6.26. The molecule has 0 saturated heterocycles. The molecule has 3 nitrogen and oxygen atoms in total. The third-order valence-electron chi connectivity index (χ3n) is 2.84. The van der Waals surface area contributed by atoms with E-state index in [9.17, 15) is 9.18 Å². The number of carboxylic acid groups (broad SMARTS) is 1. The van der Waals surface area contributed by atoms with Gasteiger partial charge in [-0.2, -0.15) is 0 Å². The molecule has 0 saturated carbocycles. The maximum Gasteiger partial charge on any atom is 0.336 e. The Morgan fingerprint density at radius 2 is 2.05 bits per heavy atom. The highest BCUT2D eigenvalue weighted by molar-refractivity contribution is 6.30. The van der Waals surface area contributed by atoms with Crippen molar-refractivity contribution in [2.75, 3.05) is 0 Å². The first-order chi connectivity index (χ1) is 9.47. The topological polar surface area (TPSA) is 46.5 Å². The lowest BCUT2D eigenvalue weighted by Crippen LogP contribution is -2.06. The molecule has 104 valence electrons. The van der Waals surface area contributed by atoms with E-state index in [1.165, 1.54) is 12.1 Å². The van der Waals surface area contributed by atoms with Crippen molar-refractivity contribution in [3.63, 3.8) is 0 Å². The zero-order valence-electron chi connectivity index (χ0n) is 10.7. The van der Waals surface area contributed by atoms with Crippen molar-refractivity contribution in [1.29, 1.82) is 0 Å². The second-order valence-electron chi connectivity index (χ2n) is 4.31. The number of aryl methyl sites for hydroxylation is 1.